The number of methoxy groups -OCH3 is 1. The van der Waals surface area contributed by atoms with Crippen molar-refractivity contribution in [2.24, 2.45) is 0 Å². The van der Waals surface area contributed by atoms with Gasteiger partial charge in [-0.3, -0.25) is 0 Å². The molecule has 3 rings (SSSR count). The van der Waals surface area contributed by atoms with E-state index in [0.717, 1.165) is 29.1 Å². The summed E-state index contributed by atoms with van der Waals surface area (Å²) in [4.78, 5) is 6.38. The molecule has 0 amide bonds. The van der Waals surface area contributed by atoms with Crippen LogP contribution in [0.25, 0.3) is 6.08 Å². The van der Waals surface area contributed by atoms with Crippen molar-refractivity contribution in [3.05, 3.63) is 58.5 Å². The number of aromatic nitrogens is 1. The number of halogens is 1. The molecule has 0 unspecified atom stereocenters. The van der Waals surface area contributed by atoms with Gasteiger partial charge in [0, 0.05) is 23.1 Å². The van der Waals surface area contributed by atoms with Crippen molar-refractivity contribution in [2.75, 3.05) is 12.0 Å². The Labute approximate surface area is 123 Å². The average molecular weight is 287 g/mol. The Kier molecular flexibility index (Phi) is 3.36. The second-order valence-corrected chi connectivity index (χ2v) is 5.10. The summed E-state index contributed by atoms with van der Waals surface area (Å²) in [5.41, 5.74) is 4.51. The third kappa shape index (κ3) is 2.25. The molecule has 4 heteroatoms. The summed E-state index contributed by atoms with van der Waals surface area (Å²) in [5.74, 6) is 0.854. The van der Waals surface area contributed by atoms with Crippen molar-refractivity contribution in [1.82, 2.24) is 4.98 Å². The highest BCUT2D eigenvalue weighted by atomic mass is 35.5. The lowest BCUT2D eigenvalue weighted by molar-refractivity contribution is 0.415. The van der Waals surface area contributed by atoms with Crippen LogP contribution in [-0.4, -0.2) is 12.1 Å². The zero-order valence-corrected chi connectivity index (χ0v) is 12.2. The van der Waals surface area contributed by atoms with E-state index in [1.165, 1.54) is 5.70 Å². The molecule has 0 radical (unpaired) electrons. The Morgan fingerprint density at radius 1 is 1.20 bits per heavy atom. The summed E-state index contributed by atoms with van der Waals surface area (Å²) >= 11 is 6.20. The molecule has 3 nitrogen and oxygen atoms in total. The van der Waals surface area contributed by atoms with Crippen LogP contribution in [0.1, 0.15) is 18.1 Å². The first-order valence-electron chi connectivity index (χ1n) is 6.42. The lowest BCUT2D eigenvalue weighted by atomic mass is 10.0. The zero-order valence-electron chi connectivity index (χ0n) is 11.4. The van der Waals surface area contributed by atoms with Gasteiger partial charge in [0.2, 0.25) is 0 Å². The summed E-state index contributed by atoms with van der Waals surface area (Å²) in [6.07, 6.45) is 3.88. The molecule has 1 aliphatic heterocycles. The van der Waals surface area contributed by atoms with Gasteiger partial charge in [-0.2, -0.15) is 0 Å². The van der Waals surface area contributed by atoms with E-state index in [4.69, 9.17) is 16.3 Å². The molecule has 0 aliphatic carbocycles. The van der Waals surface area contributed by atoms with Gasteiger partial charge < -0.3 is 9.64 Å². The SMILES string of the molecule is COc1ccc(N2Cc3c(ccnc3Cl)C=C2C)cc1. The molecule has 1 aromatic heterocycles. The quantitative estimate of drug-likeness (QED) is 0.776. The van der Waals surface area contributed by atoms with Crippen molar-refractivity contribution < 1.29 is 4.74 Å². The fourth-order valence-corrected chi connectivity index (χ4v) is 2.64. The van der Waals surface area contributed by atoms with Gasteiger partial charge >= 0.3 is 0 Å². The molecule has 0 fully saturated rings. The first kappa shape index (κ1) is 13.0. The van der Waals surface area contributed by atoms with Crippen LogP contribution in [0.3, 0.4) is 0 Å². The average Bonchev–Trinajstić information content (AvgIpc) is 2.47. The highest BCUT2D eigenvalue weighted by molar-refractivity contribution is 6.30. The van der Waals surface area contributed by atoms with E-state index >= 15 is 0 Å². The van der Waals surface area contributed by atoms with Crippen molar-refractivity contribution in [3.8, 4) is 5.75 Å². The molecule has 0 bridgehead atoms. The molecule has 0 atom stereocenters. The number of fused-ring (bicyclic) bond motifs is 1. The van der Waals surface area contributed by atoms with Gasteiger partial charge in [0.05, 0.1) is 13.7 Å². The number of benzene rings is 1. The first-order chi connectivity index (χ1) is 9.69. The zero-order chi connectivity index (χ0) is 14.1. The number of ether oxygens (including phenoxy) is 1. The van der Waals surface area contributed by atoms with Crippen LogP contribution in [0.4, 0.5) is 5.69 Å². The summed E-state index contributed by atoms with van der Waals surface area (Å²) in [5, 5.41) is 0.574. The summed E-state index contributed by atoms with van der Waals surface area (Å²) in [6.45, 7) is 2.83. The normalized spacial score (nSPS) is 13.8. The molecular formula is C16H15ClN2O. The third-order valence-electron chi connectivity index (χ3n) is 3.53. The maximum Gasteiger partial charge on any atom is 0.134 e. The van der Waals surface area contributed by atoms with E-state index in [2.05, 4.69) is 22.9 Å². The van der Waals surface area contributed by atoms with E-state index < -0.39 is 0 Å². The van der Waals surface area contributed by atoms with Crippen LogP contribution in [0.5, 0.6) is 5.75 Å². The third-order valence-corrected chi connectivity index (χ3v) is 3.86. The number of pyridine rings is 1. The second-order valence-electron chi connectivity index (χ2n) is 4.74. The van der Waals surface area contributed by atoms with Crippen molar-refractivity contribution in [1.29, 1.82) is 0 Å². The van der Waals surface area contributed by atoms with Gasteiger partial charge in [-0.25, -0.2) is 4.98 Å². The van der Waals surface area contributed by atoms with Gasteiger partial charge in [-0.05, 0) is 48.9 Å². The molecule has 1 aromatic carbocycles. The first-order valence-corrected chi connectivity index (χ1v) is 6.80. The van der Waals surface area contributed by atoms with E-state index in [1.807, 2.05) is 30.3 Å². The van der Waals surface area contributed by atoms with E-state index in [1.54, 1.807) is 13.3 Å². The van der Waals surface area contributed by atoms with Crippen molar-refractivity contribution in [3.63, 3.8) is 0 Å². The Balaban J connectivity index is 1.98. The van der Waals surface area contributed by atoms with Crippen LogP contribution < -0.4 is 9.64 Å². The van der Waals surface area contributed by atoms with Crippen LogP contribution in [0, 0.1) is 0 Å². The summed E-state index contributed by atoms with van der Waals surface area (Å²) in [7, 11) is 1.67. The van der Waals surface area contributed by atoms with Gasteiger partial charge in [0.1, 0.15) is 10.9 Å². The molecule has 0 spiro atoms. The standard InChI is InChI=1S/C16H15ClN2O/c1-11-9-12-7-8-18-16(17)15(12)10-19(11)13-3-5-14(20-2)6-4-13/h3-9H,10H2,1-2H3. The maximum absolute atomic E-state index is 6.20. The highest BCUT2D eigenvalue weighted by Crippen LogP contribution is 2.32. The number of hydrogen-bond acceptors (Lipinski definition) is 3. The lowest BCUT2D eigenvalue weighted by Crippen LogP contribution is -2.24. The predicted molar refractivity (Wildman–Crippen MR) is 82.1 cm³/mol. The summed E-state index contributed by atoms with van der Waals surface area (Å²) < 4.78 is 5.19. The molecule has 2 aromatic rings. The maximum atomic E-state index is 6.20. The van der Waals surface area contributed by atoms with E-state index in [0.29, 0.717) is 5.15 Å². The molecule has 0 saturated carbocycles. The Morgan fingerprint density at radius 3 is 2.65 bits per heavy atom. The predicted octanol–water partition coefficient (Wildman–Crippen LogP) is 4.12. The van der Waals surface area contributed by atoms with Crippen LogP contribution in [-0.2, 0) is 6.54 Å². The Bertz CT molecular complexity index is 665. The van der Waals surface area contributed by atoms with Crippen LogP contribution >= 0.6 is 11.6 Å². The van der Waals surface area contributed by atoms with Crippen LogP contribution in [0.2, 0.25) is 5.15 Å². The second kappa shape index (κ2) is 5.17. The smallest absolute Gasteiger partial charge is 0.134 e. The molecule has 0 N–H and O–H groups in total. The van der Waals surface area contributed by atoms with Gasteiger partial charge in [-0.15, -0.1) is 0 Å². The summed E-state index contributed by atoms with van der Waals surface area (Å²) in [6, 6.07) is 10.0. The minimum Gasteiger partial charge on any atom is -0.497 e. The number of rotatable bonds is 2. The molecule has 20 heavy (non-hydrogen) atoms. The fraction of sp³-hybridized carbons (Fsp3) is 0.188. The molecule has 102 valence electrons. The number of hydrogen-bond donors (Lipinski definition) is 0. The Morgan fingerprint density at radius 2 is 1.95 bits per heavy atom. The van der Waals surface area contributed by atoms with E-state index in [9.17, 15) is 0 Å². The van der Waals surface area contributed by atoms with Crippen LogP contribution in [0.15, 0.2) is 42.2 Å². The van der Waals surface area contributed by atoms with Crippen molar-refractivity contribution >= 4 is 23.4 Å². The monoisotopic (exact) mass is 286 g/mol. The minimum atomic E-state index is 0.574. The lowest BCUT2D eigenvalue weighted by Gasteiger charge is -2.30. The Hall–Kier alpha value is -2.00. The van der Waals surface area contributed by atoms with Crippen molar-refractivity contribution in [2.45, 2.75) is 13.5 Å². The van der Waals surface area contributed by atoms with Gasteiger partial charge in [0.25, 0.3) is 0 Å². The molecule has 0 saturated heterocycles. The minimum absolute atomic E-state index is 0.574. The number of nitrogens with zero attached hydrogens (tertiary/aromatic N) is 2. The topological polar surface area (TPSA) is 25.4 Å². The molecule has 2 heterocycles. The number of allylic oxidation sites excluding steroid dienone is 1. The largest absolute Gasteiger partial charge is 0.497 e. The molecule has 1 aliphatic rings. The fourth-order valence-electron chi connectivity index (χ4n) is 2.42. The highest BCUT2D eigenvalue weighted by Gasteiger charge is 2.19. The van der Waals surface area contributed by atoms with E-state index in [-0.39, 0.29) is 0 Å². The molecular weight excluding hydrogens is 272 g/mol. The van der Waals surface area contributed by atoms with Gasteiger partial charge in [0.15, 0.2) is 0 Å². The van der Waals surface area contributed by atoms with Gasteiger partial charge in [-0.1, -0.05) is 11.6 Å². The number of anilines is 1.